The Morgan fingerprint density at radius 2 is 1.48 bits per heavy atom. The second-order valence-electron chi connectivity index (χ2n) is 9.63. The monoisotopic (exact) mass is 426 g/mol. The van der Waals surface area contributed by atoms with E-state index in [9.17, 15) is 9.59 Å². The Labute approximate surface area is 187 Å². The van der Waals surface area contributed by atoms with Gasteiger partial charge < -0.3 is 14.7 Å². The largest absolute Gasteiger partial charge is 0.353 e. The molecule has 0 aromatic carbocycles. The fourth-order valence-corrected chi connectivity index (χ4v) is 5.52. The van der Waals surface area contributed by atoms with Gasteiger partial charge >= 0.3 is 0 Å². The Morgan fingerprint density at radius 1 is 0.806 bits per heavy atom. The number of pyridine rings is 1. The number of carbonyl (C=O) groups excluding carboxylic acids is 2. The number of piperidine rings is 1. The molecule has 4 rings (SSSR count). The van der Waals surface area contributed by atoms with Crippen LogP contribution in [-0.2, 0) is 9.59 Å². The van der Waals surface area contributed by atoms with Crippen LogP contribution in [0.2, 0.25) is 0 Å². The SMILES string of the molecule is O=C(CC[C@@H]1CCCN(C(=O)CCC2CCCC2)C1)N1CCN(c2ccccn2)CC1. The summed E-state index contributed by atoms with van der Waals surface area (Å²) in [7, 11) is 0. The summed E-state index contributed by atoms with van der Waals surface area (Å²) in [5.41, 5.74) is 0. The Bertz CT molecular complexity index is 711. The molecule has 0 N–H and O–H groups in total. The Kier molecular flexibility index (Phi) is 7.81. The van der Waals surface area contributed by atoms with E-state index in [-0.39, 0.29) is 5.91 Å². The summed E-state index contributed by atoms with van der Waals surface area (Å²) in [4.78, 5) is 36.2. The summed E-state index contributed by atoms with van der Waals surface area (Å²) in [5, 5.41) is 0. The average Bonchev–Trinajstić information content (AvgIpc) is 3.35. The van der Waals surface area contributed by atoms with Crippen LogP contribution in [-0.4, -0.2) is 65.9 Å². The van der Waals surface area contributed by atoms with Crippen molar-refractivity contribution in [2.75, 3.05) is 44.2 Å². The Morgan fingerprint density at radius 3 is 2.19 bits per heavy atom. The lowest BCUT2D eigenvalue weighted by molar-refractivity contribution is -0.133. The van der Waals surface area contributed by atoms with Gasteiger partial charge in [0.05, 0.1) is 0 Å². The molecule has 6 heteroatoms. The van der Waals surface area contributed by atoms with Gasteiger partial charge in [-0.05, 0) is 49.7 Å². The van der Waals surface area contributed by atoms with E-state index < -0.39 is 0 Å². The molecule has 2 saturated heterocycles. The van der Waals surface area contributed by atoms with Gasteiger partial charge in [-0.3, -0.25) is 9.59 Å². The van der Waals surface area contributed by atoms with E-state index in [0.717, 1.165) is 83.1 Å². The number of hydrogen-bond acceptors (Lipinski definition) is 4. The normalized spacial score (nSPS) is 22.7. The van der Waals surface area contributed by atoms with E-state index in [4.69, 9.17) is 0 Å². The topological polar surface area (TPSA) is 56.8 Å². The first kappa shape index (κ1) is 22.1. The molecule has 2 aliphatic heterocycles. The van der Waals surface area contributed by atoms with E-state index in [0.29, 0.717) is 18.2 Å². The van der Waals surface area contributed by atoms with Gasteiger partial charge in [-0.1, -0.05) is 31.7 Å². The summed E-state index contributed by atoms with van der Waals surface area (Å²) < 4.78 is 0. The molecule has 1 aromatic heterocycles. The van der Waals surface area contributed by atoms with Crippen molar-refractivity contribution in [3.63, 3.8) is 0 Å². The maximum Gasteiger partial charge on any atom is 0.222 e. The molecule has 3 heterocycles. The first-order valence-electron chi connectivity index (χ1n) is 12.4. The summed E-state index contributed by atoms with van der Waals surface area (Å²) in [6, 6.07) is 5.97. The lowest BCUT2D eigenvalue weighted by Crippen LogP contribution is -2.49. The van der Waals surface area contributed by atoms with E-state index in [2.05, 4.69) is 14.8 Å². The quantitative estimate of drug-likeness (QED) is 0.667. The highest BCUT2D eigenvalue weighted by Crippen LogP contribution is 2.29. The summed E-state index contributed by atoms with van der Waals surface area (Å²) in [5.74, 6) is 2.86. The molecule has 2 amide bonds. The maximum atomic E-state index is 12.8. The predicted molar refractivity (Wildman–Crippen MR) is 123 cm³/mol. The molecule has 170 valence electrons. The van der Waals surface area contributed by atoms with Crippen LogP contribution in [0.4, 0.5) is 5.82 Å². The molecule has 3 aliphatic rings. The minimum absolute atomic E-state index is 0.269. The average molecular weight is 427 g/mol. The number of anilines is 1. The summed E-state index contributed by atoms with van der Waals surface area (Å²) >= 11 is 0. The van der Waals surface area contributed by atoms with Gasteiger partial charge in [0.2, 0.25) is 11.8 Å². The molecule has 6 nitrogen and oxygen atoms in total. The third kappa shape index (κ3) is 6.20. The fraction of sp³-hybridized carbons (Fsp3) is 0.720. The van der Waals surface area contributed by atoms with Crippen molar-refractivity contribution in [1.29, 1.82) is 0 Å². The van der Waals surface area contributed by atoms with Crippen molar-refractivity contribution >= 4 is 17.6 Å². The van der Waals surface area contributed by atoms with E-state index in [1.54, 1.807) is 0 Å². The van der Waals surface area contributed by atoms with Crippen LogP contribution in [0.25, 0.3) is 0 Å². The highest BCUT2D eigenvalue weighted by atomic mass is 16.2. The number of nitrogens with zero attached hydrogens (tertiary/aromatic N) is 4. The van der Waals surface area contributed by atoms with Crippen molar-refractivity contribution in [2.45, 2.75) is 64.2 Å². The number of aromatic nitrogens is 1. The Hall–Kier alpha value is -2.11. The van der Waals surface area contributed by atoms with Gasteiger partial charge in [0.1, 0.15) is 5.82 Å². The Balaban J connectivity index is 1.16. The second kappa shape index (κ2) is 11.0. The van der Waals surface area contributed by atoms with Crippen molar-refractivity contribution < 1.29 is 9.59 Å². The molecular weight excluding hydrogens is 388 g/mol. The first-order valence-corrected chi connectivity index (χ1v) is 12.4. The summed E-state index contributed by atoms with van der Waals surface area (Å²) in [6.07, 6.45) is 12.7. The number of piperazine rings is 1. The zero-order valence-corrected chi connectivity index (χ0v) is 18.9. The number of rotatable bonds is 7. The maximum absolute atomic E-state index is 12.8. The van der Waals surface area contributed by atoms with Crippen LogP contribution in [0, 0.1) is 11.8 Å². The lowest BCUT2D eigenvalue weighted by atomic mass is 9.92. The molecule has 0 radical (unpaired) electrons. The molecule has 0 spiro atoms. The lowest BCUT2D eigenvalue weighted by Gasteiger charge is -2.36. The standard InChI is InChI=1S/C25H38N4O2/c30-24(28-18-16-27(17-19-28)23-9-3-4-14-26-23)13-11-22-8-5-15-29(20-22)25(31)12-10-21-6-1-2-7-21/h3-4,9,14,21-22H,1-2,5-8,10-13,15-20H2/t22-/m0/s1. The van der Waals surface area contributed by atoms with Gasteiger partial charge in [0.25, 0.3) is 0 Å². The molecule has 0 unspecified atom stereocenters. The first-order chi connectivity index (χ1) is 15.2. The third-order valence-corrected chi connectivity index (χ3v) is 7.48. The fourth-order valence-electron chi connectivity index (χ4n) is 5.52. The van der Waals surface area contributed by atoms with Gasteiger partial charge in [0, 0.05) is 58.3 Å². The second-order valence-corrected chi connectivity index (χ2v) is 9.63. The van der Waals surface area contributed by atoms with Crippen LogP contribution < -0.4 is 4.90 Å². The number of hydrogen-bond donors (Lipinski definition) is 0. The van der Waals surface area contributed by atoms with E-state index in [1.165, 1.54) is 25.7 Å². The number of amides is 2. The highest BCUT2D eigenvalue weighted by molar-refractivity contribution is 5.77. The van der Waals surface area contributed by atoms with Gasteiger partial charge in [-0.15, -0.1) is 0 Å². The molecular formula is C25H38N4O2. The van der Waals surface area contributed by atoms with Crippen molar-refractivity contribution in [2.24, 2.45) is 11.8 Å². The molecule has 1 aliphatic carbocycles. The minimum atomic E-state index is 0.269. The van der Waals surface area contributed by atoms with Crippen molar-refractivity contribution in [3.8, 4) is 0 Å². The molecule has 0 bridgehead atoms. The van der Waals surface area contributed by atoms with E-state index in [1.807, 2.05) is 29.3 Å². The predicted octanol–water partition coefficient (Wildman–Crippen LogP) is 3.72. The van der Waals surface area contributed by atoms with Gasteiger partial charge in [-0.25, -0.2) is 4.98 Å². The zero-order chi connectivity index (χ0) is 21.5. The third-order valence-electron chi connectivity index (χ3n) is 7.48. The van der Waals surface area contributed by atoms with Crippen LogP contribution >= 0.6 is 0 Å². The molecule has 3 fully saturated rings. The van der Waals surface area contributed by atoms with Crippen LogP contribution in [0.5, 0.6) is 0 Å². The minimum Gasteiger partial charge on any atom is -0.353 e. The number of carbonyl (C=O) groups is 2. The van der Waals surface area contributed by atoms with Crippen molar-refractivity contribution in [3.05, 3.63) is 24.4 Å². The summed E-state index contributed by atoms with van der Waals surface area (Å²) in [6.45, 7) is 4.98. The van der Waals surface area contributed by atoms with E-state index >= 15 is 0 Å². The van der Waals surface area contributed by atoms with Gasteiger partial charge in [-0.2, -0.15) is 0 Å². The highest BCUT2D eigenvalue weighted by Gasteiger charge is 2.27. The molecule has 1 saturated carbocycles. The van der Waals surface area contributed by atoms with Gasteiger partial charge in [0.15, 0.2) is 0 Å². The molecule has 1 aromatic rings. The zero-order valence-electron chi connectivity index (χ0n) is 18.9. The molecule has 1 atom stereocenters. The van der Waals surface area contributed by atoms with Crippen LogP contribution in [0.1, 0.15) is 64.2 Å². The van der Waals surface area contributed by atoms with Crippen LogP contribution in [0.3, 0.4) is 0 Å². The smallest absolute Gasteiger partial charge is 0.222 e. The van der Waals surface area contributed by atoms with Crippen LogP contribution in [0.15, 0.2) is 24.4 Å². The van der Waals surface area contributed by atoms with Crippen molar-refractivity contribution in [1.82, 2.24) is 14.8 Å². The molecule has 31 heavy (non-hydrogen) atoms. The number of likely N-dealkylation sites (tertiary alicyclic amines) is 1.